The number of benzene rings is 2. The quantitative estimate of drug-likeness (QED) is 0.0899. The van der Waals surface area contributed by atoms with Crippen LogP contribution in [-0.4, -0.2) is 134 Å². The van der Waals surface area contributed by atoms with E-state index in [0.717, 1.165) is 49.4 Å². The van der Waals surface area contributed by atoms with Crippen molar-refractivity contribution in [2.75, 3.05) is 65.2 Å². The van der Waals surface area contributed by atoms with Crippen LogP contribution in [-0.2, 0) is 40.4 Å². The van der Waals surface area contributed by atoms with Gasteiger partial charge in [-0.1, -0.05) is 26.5 Å². The van der Waals surface area contributed by atoms with E-state index in [-0.39, 0.29) is 65.5 Å². The Bertz CT molecular complexity index is 3260. The second kappa shape index (κ2) is 19.6. The fourth-order valence-corrected chi connectivity index (χ4v) is 12.5. The molecule has 6 amide bonds. The molecule has 76 heavy (non-hydrogen) atoms. The van der Waals surface area contributed by atoms with Gasteiger partial charge in [0.15, 0.2) is 5.82 Å². The van der Waals surface area contributed by atoms with E-state index in [0.29, 0.717) is 77.1 Å². The largest absolute Gasteiger partial charge is 0.478 e. The summed E-state index contributed by atoms with van der Waals surface area (Å²) in [6, 6.07) is 14.0. The molecule has 4 N–H and O–H groups in total. The van der Waals surface area contributed by atoms with Crippen LogP contribution in [0.3, 0.4) is 0 Å². The summed E-state index contributed by atoms with van der Waals surface area (Å²) in [5.74, 6) is -1.75. The standard InChI is InChI=1S/C56H62N12O8/c1-7-46(70)60-39-25-34(59-49-52(76-6)58-28-40(61-49)36-15-17-57-50(38(36)30-69)67-22-21-66-44(54(67)74)24-33-26-56(4,5)27-45(33)66)11-12-41(39)65-20-19-63(29-32(65)3)35-16-18-64(31(2)23-35)42-10-8-9-37-48(42)55(75)68(53(37)73)43-13-14-47(71)62-51(43)72/h7-12,15,17,24-25,28,31-32,35,43,69H,1,13-14,16,18-23,26-27,29-30H2,2-6H3,(H,59,61)(H,60,70)(H,62,71,72)/t31-,32+,35?,43?/m1/s1. The minimum absolute atomic E-state index is 0.0306. The summed E-state index contributed by atoms with van der Waals surface area (Å²) in [7, 11) is 1.50. The molecule has 20 nitrogen and oxygen atoms in total. The summed E-state index contributed by atoms with van der Waals surface area (Å²) in [5, 5.41) is 19.5. The molecule has 3 aromatic heterocycles. The van der Waals surface area contributed by atoms with Crippen molar-refractivity contribution in [3.05, 3.63) is 107 Å². The predicted molar refractivity (Wildman–Crippen MR) is 285 cm³/mol. The number of aliphatic hydroxyl groups excluding tert-OH is 1. The van der Waals surface area contributed by atoms with Crippen molar-refractivity contribution in [1.29, 1.82) is 0 Å². The Balaban J connectivity index is 0.783. The first-order valence-corrected chi connectivity index (χ1v) is 26.1. The molecule has 8 heterocycles. The van der Waals surface area contributed by atoms with Crippen LogP contribution in [0.5, 0.6) is 5.88 Å². The monoisotopic (exact) mass is 1030 g/mol. The minimum Gasteiger partial charge on any atom is -0.478 e. The van der Waals surface area contributed by atoms with E-state index in [2.05, 4.69) is 79.5 Å². The van der Waals surface area contributed by atoms with Crippen molar-refractivity contribution in [3.63, 3.8) is 0 Å². The Morgan fingerprint density at radius 3 is 2.47 bits per heavy atom. The highest BCUT2D eigenvalue weighted by molar-refractivity contribution is 6.25. The highest BCUT2D eigenvalue weighted by Gasteiger charge is 2.47. The first kappa shape index (κ1) is 50.2. The number of nitrogens with one attached hydrogen (secondary N) is 3. The third-order valence-electron chi connectivity index (χ3n) is 16.1. The molecule has 3 fully saturated rings. The van der Waals surface area contributed by atoms with Gasteiger partial charge in [-0.3, -0.25) is 48.8 Å². The molecule has 6 aliphatic rings. The van der Waals surface area contributed by atoms with Crippen molar-refractivity contribution in [1.82, 2.24) is 34.6 Å². The van der Waals surface area contributed by atoms with Gasteiger partial charge in [0.05, 0.1) is 53.8 Å². The van der Waals surface area contributed by atoms with Crippen LogP contribution in [0, 0.1) is 5.41 Å². The number of carbonyl (C=O) groups is 6. The second-order valence-electron chi connectivity index (χ2n) is 21.5. The average molecular weight is 1030 g/mol. The number of fused-ring (bicyclic) bond motifs is 4. The minimum atomic E-state index is -1.03. The zero-order chi connectivity index (χ0) is 53.3. The Kier molecular flexibility index (Phi) is 13.0. The summed E-state index contributed by atoms with van der Waals surface area (Å²) < 4.78 is 7.81. The number of imide groups is 2. The number of piperidine rings is 2. The molecule has 4 atom stereocenters. The number of aromatic nitrogens is 4. The predicted octanol–water partition coefficient (Wildman–Crippen LogP) is 5.46. The molecule has 5 aliphatic heterocycles. The Labute approximate surface area is 440 Å². The second-order valence-corrected chi connectivity index (χ2v) is 21.5. The van der Waals surface area contributed by atoms with Crippen molar-refractivity contribution in [2.24, 2.45) is 5.41 Å². The van der Waals surface area contributed by atoms with Gasteiger partial charge in [0.2, 0.25) is 17.7 Å². The van der Waals surface area contributed by atoms with Crippen LogP contribution >= 0.6 is 0 Å². The van der Waals surface area contributed by atoms with E-state index in [1.807, 2.05) is 30.3 Å². The summed E-state index contributed by atoms with van der Waals surface area (Å²) in [5.41, 5.74) is 7.87. The number of amides is 6. The molecule has 0 saturated carbocycles. The Hall–Kier alpha value is -7.97. The number of ether oxygens (including phenoxy) is 1. The third kappa shape index (κ3) is 8.81. The molecule has 2 aromatic carbocycles. The molecular weight excluding hydrogens is 969 g/mol. The highest BCUT2D eigenvalue weighted by atomic mass is 16.5. The number of hydrogen-bond donors (Lipinski definition) is 4. The first-order valence-electron chi connectivity index (χ1n) is 26.1. The summed E-state index contributed by atoms with van der Waals surface area (Å²) in [6.07, 6.45) is 8.03. The lowest BCUT2D eigenvalue weighted by molar-refractivity contribution is -0.136. The van der Waals surface area contributed by atoms with Crippen molar-refractivity contribution >= 4 is 69.8 Å². The zero-order valence-corrected chi connectivity index (χ0v) is 43.4. The van der Waals surface area contributed by atoms with E-state index in [1.165, 1.54) is 24.4 Å². The number of nitrogens with zero attached hydrogens (tertiary/aromatic N) is 9. The molecule has 0 bridgehead atoms. The lowest BCUT2D eigenvalue weighted by Gasteiger charge is -2.48. The van der Waals surface area contributed by atoms with Gasteiger partial charge in [-0.2, -0.15) is 0 Å². The van der Waals surface area contributed by atoms with Crippen LogP contribution in [0.1, 0.15) is 101 Å². The van der Waals surface area contributed by atoms with E-state index in [4.69, 9.17) is 9.72 Å². The molecule has 5 aromatic rings. The molecule has 2 unspecified atom stereocenters. The molecule has 0 spiro atoms. The van der Waals surface area contributed by atoms with Gasteiger partial charge in [-0.25, -0.2) is 15.0 Å². The number of aliphatic hydroxyl groups is 1. The topological polar surface area (TPSA) is 228 Å². The van der Waals surface area contributed by atoms with E-state index >= 15 is 0 Å². The fourth-order valence-electron chi connectivity index (χ4n) is 12.5. The van der Waals surface area contributed by atoms with Gasteiger partial charge in [0, 0.05) is 92.5 Å². The molecule has 3 saturated heterocycles. The van der Waals surface area contributed by atoms with Crippen molar-refractivity contribution < 1.29 is 38.6 Å². The SMILES string of the molecule is C=CC(=O)Nc1cc(Nc2nc(-c3ccnc(N4CCn5c(cc6c5CC(C)(C)C6)C4=O)c3CO)cnc2OC)ccc1N1CCN(C2CCN(c3cccc4c3C(=O)N(C3CCC(=O)NC3=O)C4=O)[C@H](C)C2)C[C@@H]1C. The third-order valence-corrected chi connectivity index (χ3v) is 16.1. The van der Waals surface area contributed by atoms with Crippen molar-refractivity contribution in [3.8, 4) is 17.1 Å². The van der Waals surface area contributed by atoms with Crippen LogP contribution in [0.15, 0.2) is 73.6 Å². The number of carbonyl (C=O) groups excluding carboxylic acids is 6. The van der Waals surface area contributed by atoms with Gasteiger partial charge in [0.1, 0.15) is 17.6 Å². The number of methoxy groups -OCH3 is 1. The maximum absolute atomic E-state index is 14.1. The Morgan fingerprint density at radius 2 is 1.72 bits per heavy atom. The van der Waals surface area contributed by atoms with Crippen LogP contribution in [0.25, 0.3) is 11.3 Å². The Morgan fingerprint density at radius 1 is 0.908 bits per heavy atom. The number of piperazine rings is 1. The van der Waals surface area contributed by atoms with Crippen LogP contribution in [0.4, 0.5) is 34.4 Å². The molecule has 394 valence electrons. The van der Waals surface area contributed by atoms with Gasteiger partial charge >= 0.3 is 0 Å². The smallest absolute Gasteiger partial charge is 0.276 e. The highest BCUT2D eigenvalue weighted by Crippen LogP contribution is 2.42. The van der Waals surface area contributed by atoms with Crippen LogP contribution < -0.4 is 35.4 Å². The number of hydrogen-bond acceptors (Lipinski definition) is 15. The summed E-state index contributed by atoms with van der Waals surface area (Å²) >= 11 is 0. The lowest BCUT2D eigenvalue weighted by atomic mass is 9.90. The maximum Gasteiger partial charge on any atom is 0.276 e. The van der Waals surface area contributed by atoms with Crippen LogP contribution in [0.2, 0.25) is 0 Å². The number of pyridine rings is 1. The average Bonchev–Trinajstić information content (AvgIpc) is 4.00. The normalized spacial score (nSPS) is 22.3. The van der Waals surface area contributed by atoms with E-state index in [1.54, 1.807) is 35.5 Å². The maximum atomic E-state index is 14.1. The molecule has 1 aliphatic carbocycles. The van der Waals surface area contributed by atoms with Gasteiger partial charge < -0.3 is 34.8 Å². The number of rotatable bonds is 12. The van der Waals surface area contributed by atoms with E-state index in [9.17, 15) is 33.9 Å². The van der Waals surface area contributed by atoms with Gasteiger partial charge in [-0.15, -0.1) is 0 Å². The first-order chi connectivity index (χ1) is 36.6. The van der Waals surface area contributed by atoms with E-state index < -0.39 is 36.3 Å². The van der Waals surface area contributed by atoms with Gasteiger partial charge in [-0.05, 0) is 105 Å². The molecule has 0 radical (unpaired) electrons. The molecule has 11 rings (SSSR count). The lowest BCUT2D eigenvalue weighted by Crippen LogP contribution is -2.58. The summed E-state index contributed by atoms with van der Waals surface area (Å²) in [4.78, 5) is 103. The molecule has 20 heteroatoms. The summed E-state index contributed by atoms with van der Waals surface area (Å²) in [6.45, 7) is 16.0. The number of anilines is 6. The van der Waals surface area contributed by atoms with Crippen molar-refractivity contribution in [2.45, 2.75) is 104 Å². The van der Waals surface area contributed by atoms with Gasteiger partial charge in [0.25, 0.3) is 23.6 Å². The fraction of sp³-hybridized carbons (Fsp3) is 0.411. The zero-order valence-electron chi connectivity index (χ0n) is 43.4. The molecular formula is C56H62N12O8.